The molecule has 5 rings (SSSR count). The summed E-state index contributed by atoms with van der Waals surface area (Å²) >= 11 is 1.46. The molecular weight excluding hydrogens is 428 g/mol. The Morgan fingerprint density at radius 1 is 0.788 bits per heavy atom. The predicted octanol–water partition coefficient (Wildman–Crippen LogP) is 6.79. The van der Waals surface area contributed by atoms with Gasteiger partial charge in [0.05, 0.1) is 16.8 Å². The zero-order valence-corrected chi connectivity index (χ0v) is 18.9. The van der Waals surface area contributed by atoms with Crippen LogP contribution >= 0.6 is 11.8 Å². The maximum atomic E-state index is 13.3. The van der Waals surface area contributed by atoms with Gasteiger partial charge in [-0.05, 0) is 49.4 Å². The minimum absolute atomic E-state index is 0.0200. The third-order valence-corrected chi connectivity index (χ3v) is 6.54. The number of aromatic nitrogens is 1. The fourth-order valence-corrected chi connectivity index (χ4v) is 4.86. The molecule has 0 aliphatic heterocycles. The van der Waals surface area contributed by atoms with Crippen LogP contribution in [0, 0.1) is 6.92 Å². The SMILES string of the molecule is Cc1cccc(C(=O)Nc2cccc(SCC(=O)n3c4ccccc4c4ccccc43)c2)c1. The summed E-state index contributed by atoms with van der Waals surface area (Å²) in [5.74, 6) is 0.159. The van der Waals surface area contributed by atoms with Gasteiger partial charge in [0.25, 0.3) is 5.91 Å². The van der Waals surface area contributed by atoms with E-state index in [-0.39, 0.29) is 17.6 Å². The Labute approximate surface area is 196 Å². The second-order valence-electron chi connectivity index (χ2n) is 7.90. The van der Waals surface area contributed by atoms with Crippen LogP contribution in [0.2, 0.25) is 0 Å². The van der Waals surface area contributed by atoms with Gasteiger partial charge in [0.1, 0.15) is 0 Å². The summed E-state index contributed by atoms with van der Waals surface area (Å²) in [5.41, 5.74) is 4.20. The Hall–Kier alpha value is -3.83. The quantitative estimate of drug-likeness (QED) is 0.300. The van der Waals surface area contributed by atoms with E-state index in [9.17, 15) is 9.59 Å². The fraction of sp³-hybridized carbons (Fsp3) is 0.0714. The first-order valence-electron chi connectivity index (χ1n) is 10.7. The van der Waals surface area contributed by atoms with Crippen LogP contribution in [0.1, 0.15) is 20.7 Å². The minimum atomic E-state index is -0.151. The molecule has 0 saturated heterocycles. The standard InChI is InChI=1S/C28H22N2O2S/c1-19-8-6-9-20(16-19)28(32)29-21-10-7-11-22(17-21)33-18-27(31)30-25-14-4-2-12-23(25)24-13-3-5-15-26(24)30/h2-17H,18H2,1H3,(H,29,32). The molecule has 0 radical (unpaired) electrons. The summed E-state index contributed by atoms with van der Waals surface area (Å²) in [6.45, 7) is 1.96. The van der Waals surface area contributed by atoms with Crippen molar-refractivity contribution in [2.24, 2.45) is 0 Å². The van der Waals surface area contributed by atoms with Gasteiger partial charge in [-0.2, -0.15) is 0 Å². The number of thioether (sulfide) groups is 1. The smallest absolute Gasteiger partial charge is 0.255 e. The molecule has 1 amide bonds. The molecule has 4 aromatic carbocycles. The van der Waals surface area contributed by atoms with Crippen molar-refractivity contribution in [3.63, 3.8) is 0 Å². The molecule has 5 heteroatoms. The number of fused-ring (bicyclic) bond motifs is 3. The molecular formula is C28H22N2O2S. The van der Waals surface area contributed by atoms with Gasteiger partial charge in [0, 0.05) is 26.9 Å². The van der Waals surface area contributed by atoms with E-state index in [0.29, 0.717) is 11.3 Å². The molecule has 0 bridgehead atoms. The third kappa shape index (κ3) is 4.28. The molecule has 33 heavy (non-hydrogen) atoms. The number of benzene rings is 4. The molecule has 0 atom stereocenters. The van der Waals surface area contributed by atoms with E-state index in [1.54, 1.807) is 10.6 Å². The average molecular weight is 451 g/mol. The second kappa shape index (κ2) is 8.96. The lowest BCUT2D eigenvalue weighted by atomic mass is 10.1. The number of carbonyl (C=O) groups excluding carboxylic acids is 2. The van der Waals surface area contributed by atoms with Crippen LogP contribution in [0.5, 0.6) is 0 Å². The van der Waals surface area contributed by atoms with Crippen LogP contribution in [-0.4, -0.2) is 22.1 Å². The van der Waals surface area contributed by atoms with E-state index in [1.165, 1.54) is 11.8 Å². The summed E-state index contributed by atoms with van der Waals surface area (Å²) in [5, 5.41) is 5.10. The maximum Gasteiger partial charge on any atom is 0.255 e. The van der Waals surface area contributed by atoms with Crippen molar-refractivity contribution in [1.29, 1.82) is 0 Å². The monoisotopic (exact) mass is 450 g/mol. The van der Waals surface area contributed by atoms with Crippen molar-refractivity contribution in [3.05, 3.63) is 108 Å². The number of anilines is 1. The van der Waals surface area contributed by atoms with Gasteiger partial charge in [0.15, 0.2) is 0 Å². The molecule has 0 unspecified atom stereocenters. The fourth-order valence-electron chi connectivity index (χ4n) is 4.05. The first-order valence-corrected chi connectivity index (χ1v) is 11.7. The van der Waals surface area contributed by atoms with Gasteiger partial charge in [-0.1, -0.05) is 60.2 Å². The number of hydrogen-bond acceptors (Lipinski definition) is 3. The van der Waals surface area contributed by atoms with E-state index < -0.39 is 0 Å². The van der Waals surface area contributed by atoms with Crippen molar-refractivity contribution in [3.8, 4) is 0 Å². The summed E-state index contributed by atoms with van der Waals surface area (Å²) in [6.07, 6.45) is 0. The first kappa shape index (κ1) is 21.0. The van der Waals surface area contributed by atoms with Crippen LogP contribution in [0.15, 0.2) is 102 Å². The zero-order chi connectivity index (χ0) is 22.8. The number of nitrogens with one attached hydrogen (secondary N) is 1. The van der Waals surface area contributed by atoms with Crippen molar-refractivity contribution >= 4 is 51.1 Å². The van der Waals surface area contributed by atoms with E-state index in [2.05, 4.69) is 17.4 Å². The normalized spacial score (nSPS) is 11.1. The maximum absolute atomic E-state index is 13.3. The van der Waals surface area contributed by atoms with Crippen molar-refractivity contribution < 1.29 is 9.59 Å². The summed E-state index contributed by atoms with van der Waals surface area (Å²) in [4.78, 5) is 26.8. The van der Waals surface area contributed by atoms with E-state index in [4.69, 9.17) is 0 Å². The van der Waals surface area contributed by atoms with Gasteiger partial charge in [-0.25, -0.2) is 0 Å². The molecule has 0 aliphatic rings. The van der Waals surface area contributed by atoms with Crippen LogP contribution in [-0.2, 0) is 0 Å². The molecule has 4 nitrogen and oxygen atoms in total. The van der Waals surface area contributed by atoms with Gasteiger partial charge in [-0.3, -0.25) is 14.2 Å². The van der Waals surface area contributed by atoms with Crippen LogP contribution in [0.4, 0.5) is 5.69 Å². The Morgan fingerprint density at radius 2 is 1.45 bits per heavy atom. The van der Waals surface area contributed by atoms with Crippen molar-refractivity contribution in [1.82, 2.24) is 4.57 Å². The van der Waals surface area contributed by atoms with E-state index in [1.807, 2.05) is 85.8 Å². The van der Waals surface area contributed by atoms with E-state index in [0.717, 1.165) is 32.3 Å². The Morgan fingerprint density at radius 3 is 2.15 bits per heavy atom. The zero-order valence-electron chi connectivity index (χ0n) is 18.1. The number of amides is 1. The van der Waals surface area contributed by atoms with Crippen LogP contribution < -0.4 is 5.32 Å². The number of para-hydroxylation sites is 2. The Bertz CT molecular complexity index is 1450. The lowest BCUT2D eigenvalue weighted by molar-refractivity contribution is 0.0950. The topological polar surface area (TPSA) is 51.1 Å². The van der Waals surface area contributed by atoms with Gasteiger partial charge < -0.3 is 5.32 Å². The highest BCUT2D eigenvalue weighted by atomic mass is 32.2. The first-order chi connectivity index (χ1) is 16.1. The lowest BCUT2D eigenvalue weighted by Crippen LogP contribution is -2.13. The van der Waals surface area contributed by atoms with Crippen LogP contribution in [0.3, 0.4) is 0 Å². The Balaban J connectivity index is 1.34. The minimum Gasteiger partial charge on any atom is -0.322 e. The summed E-state index contributed by atoms with van der Waals surface area (Å²) in [6, 6.07) is 31.1. The molecule has 0 spiro atoms. The number of hydrogen-bond donors (Lipinski definition) is 1. The molecule has 162 valence electrons. The molecule has 5 aromatic rings. The average Bonchev–Trinajstić information content (AvgIpc) is 3.17. The predicted molar refractivity (Wildman–Crippen MR) is 136 cm³/mol. The van der Waals surface area contributed by atoms with Crippen molar-refractivity contribution in [2.75, 3.05) is 11.1 Å². The highest BCUT2D eigenvalue weighted by Crippen LogP contribution is 2.30. The molecule has 0 fully saturated rings. The number of carbonyl (C=O) groups is 2. The summed E-state index contributed by atoms with van der Waals surface area (Å²) in [7, 11) is 0. The molecule has 1 N–H and O–H groups in total. The highest BCUT2D eigenvalue weighted by molar-refractivity contribution is 8.00. The molecule has 0 saturated carbocycles. The molecule has 0 aliphatic carbocycles. The van der Waals surface area contributed by atoms with Gasteiger partial charge in [-0.15, -0.1) is 11.8 Å². The Kier molecular flexibility index (Phi) is 5.71. The molecule has 1 aromatic heterocycles. The largest absolute Gasteiger partial charge is 0.322 e. The number of nitrogens with zero attached hydrogens (tertiary/aromatic N) is 1. The van der Waals surface area contributed by atoms with Crippen LogP contribution in [0.25, 0.3) is 21.8 Å². The highest BCUT2D eigenvalue weighted by Gasteiger charge is 2.16. The van der Waals surface area contributed by atoms with Crippen molar-refractivity contribution in [2.45, 2.75) is 11.8 Å². The number of rotatable bonds is 5. The van der Waals surface area contributed by atoms with Gasteiger partial charge in [0.2, 0.25) is 5.91 Å². The summed E-state index contributed by atoms with van der Waals surface area (Å²) < 4.78 is 1.81. The second-order valence-corrected chi connectivity index (χ2v) is 8.95. The lowest BCUT2D eigenvalue weighted by Gasteiger charge is -2.09. The third-order valence-electron chi connectivity index (χ3n) is 5.56. The van der Waals surface area contributed by atoms with Gasteiger partial charge >= 0.3 is 0 Å². The molecule has 1 heterocycles. The number of aryl methyl sites for hydroxylation is 1. The van der Waals surface area contributed by atoms with E-state index >= 15 is 0 Å².